The summed E-state index contributed by atoms with van der Waals surface area (Å²) in [6.07, 6.45) is 1.58. The Hall–Kier alpha value is -5.15. The summed E-state index contributed by atoms with van der Waals surface area (Å²) in [5.74, 6) is -3.23. The van der Waals surface area contributed by atoms with Crippen molar-refractivity contribution in [3.8, 4) is 0 Å². The molecule has 9 nitrogen and oxygen atoms in total. The van der Waals surface area contributed by atoms with E-state index in [2.05, 4.69) is 10.5 Å². The van der Waals surface area contributed by atoms with Crippen molar-refractivity contribution in [3.05, 3.63) is 140 Å². The minimum atomic E-state index is -1.16. The maximum absolute atomic E-state index is 14.3. The first-order valence-electron chi connectivity index (χ1n) is 13.2. The van der Waals surface area contributed by atoms with Crippen molar-refractivity contribution in [2.24, 2.45) is 16.9 Å². The molecule has 4 aromatic rings. The zero-order chi connectivity index (χ0) is 29.2. The fraction of sp³-hybridized carbons (Fsp3) is 0.125. The molecule has 3 amide bonds. The van der Waals surface area contributed by atoms with Gasteiger partial charge in [-0.05, 0) is 58.7 Å². The molecule has 0 aromatic heterocycles. The molecule has 0 spiro atoms. The summed E-state index contributed by atoms with van der Waals surface area (Å²) in [5, 5.41) is 16.1. The molecule has 4 aromatic carbocycles. The lowest BCUT2D eigenvalue weighted by Crippen LogP contribution is -2.54. The Morgan fingerprint density at radius 2 is 1.48 bits per heavy atom. The van der Waals surface area contributed by atoms with E-state index in [1.165, 1.54) is 24.3 Å². The second-order valence-electron chi connectivity index (χ2n) is 10.5. The number of amides is 3. The lowest BCUT2D eigenvalue weighted by Gasteiger charge is -2.52. The highest BCUT2D eigenvalue weighted by Crippen LogP contribution is 2.63. The normalized spacial score (nSPS) is 23.5. The van der Waals surface area contributed by atoms with Crippen LogP contribution in [-0.2, 0) is 15.0 Å². The molecule has 0 saturated carbocycles. The third kappa shape index (κ3) is 3.56. The van der Waals surface area contributed by atoms with Crippen LogP contribution < -0.4 is 10.3 Å². The molecule has 8 rings (SSSR count). The number of rotatable bonds is 5. The smallest absolute Gasteiger partial charge is 0.271 e. The second-order valence-corrected chi connectivity index (χ2v) is 11.0. The van der Waals surface area contributed by atoms with Crippen LogP contribution in [0.5, 0.6) is 0 Å². The first-order chi connectivity index (χ1) is 20.3. The van der Waals surface area contributed by atoms with Crippen LogP contribution >= 0.6 is 11.6 Å². The second kappa shape index (κ2) is 9.46. The van der Waals surface area contributed by atoms with Gasteiger partial charge in [-0.25, -0.2) is 10.3 Å². The lowest BCUT2D eigenvalue weighted by atomic mass is 9.47. The van der Waals surface area contributed by atoms with E-state index >= 15 is 0 Å². The number of carbonyl (C=O) groups is 3. The fourth-order valence-corrected chi connectivity index (χ4v) is 7.01. The Bertz CT molecular complexity index is 1790. The summed E-state index contributed by atoms with van der Waals surface area (Å²) in [7, 11) is 0. The molecule has 1 N–H and O–H groups in total. The van der Waals surface area contributed by atoms with Crippen LogP contribution in [0.2, 0.25) is 5.02 Å². The maximum Gasteiger partial charge on any atom is 0.271 e. The van der Waals surface area contributed by atoms with E-state index in [1.807, 2.05) is 48.5 Å². The van der Waals surface area contributed by atoms with Gasteiger partial charge >= 0.3 is 0 Å². The van der Waals surface area contributed by atoms with Gasteiger partial charge < -0.3 is 0 Å². The zero-order valence-corrected chi connectivity index (χ0v) is 22.6. The zero-order valence-electron chi connectivity index (χ0n) is 21.8. The van der Waals surface area contributed by atoms with Gasteiger partial charge in [-0.3, -0.25) is 24.5 Å². The summed E-state index contributed by atoms with van der Waals surface area (Å²) < 4.78 is 0. The van der Waals surface area contributed by atoms with Crippen LogP contribution in [-0.4, -0.2) is 28.9 Å². The van der Waals surface area contributed by atoms with Crippen molar-refractivity contribution >= 4 is 46.9 Å². The molecule has 2 atom stereocenters. The van der Waals surface area contributed by atoms with Crippen molar-refractivity contribution in [2.45, 2.75) is 11.3 Å². The molecular formula is C32H21ClN4O5. The first-order valence-corrected chi connectivity index (χ1v) is 13.6. The molecule has 4 aliphatic rings. The molecule has 1 saturated heterocycles. The van der Waals surface area contributed by atoms with Gasteiger partial charge in [0.15, 0.2) is 0 Å². The van der Waals surface area contributed by atoms with Crippen LogP contribution in [0, 0.1) is 22.0 Å². The summed E-state index contributed by atoms with van der Waals surface area (Å²) in [4.78, 5) is 53.2. The van der Waals surface area contributed by atoms with Gasteiger partial charge in [0.05, 0.1) is 27.9 Å². The first kappa shape index (κ1) is 25.8. The minimum absolute atomic E-state index is 0.143. The number of nitrogens with zero attached hydrogens (tertiary/aromatic N) is 3. The number of non-ortho nitro benzene ring substituents is 1. The number of anilines is 1. The van der Waals surface area contributed by atoms with Gasteiger partial charge in [0.25, 0.3) is 11.6 Å². The number of hydrogen-bond acceptors (Lipinski definition) is 6. The summed E-state index contributed by atoms with van der Waals surface area (Å²) in [6.45, 7) is 0. The average Bonchev–Trinajstić information content (AvgIpc) is 3.28. The van der Waals surface area contributed by atoms with Crippen LogP contribution in [0.1, 0.15) is 38.5 Å². The van der Waals surface area contributed by atoms with Crippen molar-refractivity contribution in [1.29, 1.82) is 0 Å². The number of carbonyl (C=O) groups excluding carboxylic acids is 3. The molecule has 42 heavy (non-hydrogen) atoms. The minimum Gasteiger partial charge on any atom is -0.274 e. The number of nitro groups is 1. The van der Waals surface area contributed by atoms with E-state index in [0.717, 1.165) is 27.2 Å². The lowest BCUT2D eigenvalue weighted by molar-refractivity contribution is -0.384. The molecule has 1 heterocycles. The Morgan fingerprint density at radius 3 is 2.07 bits per heavy atom. The molecule has 0 unspecified atom stereocenters. The van der Waals surface area contributed by atoms with Crippen molar-refractivity contribution < 1.29 is 19.3 Å². The SMILES string of the molecule is O=C(N/N=C\C12c3ccccc3C(c3ccccc31)[C@H]1C(=O)N(c3ccc([N+](=O)[O-])cc3)C(=O)[C@@H]12)c1ccc(Cl)cc1. The monoisotopic (exact) mass is 576 g/mol. The predicted octanol–water partition coefficient (Wildman–Crippen LogP) is 5.21. The highest BCUT2D eigenvalue weighted by atomic mass is 35.5. The van der Waals surface area contributed by atoms with Crippen LogP contribution in [0.15, 0.2) is 102 Å². The topological polar surface area (TPSA) is 122 Å². The van der Waals surface area contributed by atoms with Gasteiger partial charge in [-0.2, -0.15) is 5.10 Å². The van der Waals surface area contributed by atoms with E-state index in [9.17, 15) is 24.5 Å². The molecular weight excluding hydrogens is 556 g/mol. The molecule has 0 radical (unpaired) electrons. The largest absolute Gasteiger partial charge is 0.274 e. The summed E-state index contributed by atoms with van der Waals surface area (Å²) in [6, 6.07) is 27.1. The third-order valence-electron chi connectivity index (χ3n) is 8.54. The molecule has 2 bridgehead atoms. The highest BCUT2D eigenvalue weighted by molar-refractivity contribution is 6.30. The Balaban J connectivity index is 1.37. The summed E-state index contributed by atoms with van der Waals surface area (Å²) >= 11 is 5.96. The number of benzene rings is 4. The standard InChI is InChI=1S/C32H21ClN4O5/c33-19-11-9-18(10-12-19)29(38)35-34-17-32-24-7-3-1-5-22(24)26(23-6-2-4-8-25(23)32)27-28(32)31(40)36(30(27)39)20-13-15-21(16-14-20)37(41)42/h1-17,26-28H,(H,35,38)/b34-17-/t26?,27-,28-,32?/m1/s1. The number of hydrogen-bond donors (Lipinski definition) is 1. The Kier molecular flexibility index (Phi) is 5.81. The van der Waals surface area contributed by atoms with Gasteiger partial charge in [0.2, 0.25) is 11.8 Å². The third-order valence-corrected chi connectivity index (χ3v) is 8.80. The highest BCUT2D eigenvalue weighted by Gasteiger charge is 2.68. The number of nitrogens with one attached hydrogen (secondary N) is 1. The molecule has 10 heteroatoms. The van der Waals surface area contributed by atoms with E-state index in [4.69, 9.17) is 11.6 Å². The van der Waals surface area contributed by atoms with Crippen molar-refractivity contribution in [2.75, 3.05) is 4.90 Å². The van der Waals surface area contributed by atoms with E-state index in [0.29, 0.717) is 10.6 Å². The maximum atomic E-state index is 14.3. The number of imide groups is 1. The Labute approximate surface area is 244 Å². The van der Waals surface area contributed by atoms with Gasteiger partial charge in [-0.1, -0.05) is 60.1 Å². The van der Waals surface area contributed by atoms with Crippen LogP contribution in [0.3, 0.4) is 0 Å². The van der Waals surface area contributed by atoms with Gasteiger partial charge in [0.1, 0.15) is 0 Å². The summed E-state index contributed by atoms with van der Waals surface area (Å²) in [5.41, 5.74) is 5.41. The number of halogens is 1. The molecule has 1 fully saturated rings. The van der Waals surface area contributed by atoms with Gasteiger partial charge in [-0.15, -0.1) is 0 Å². The Morgan fingerprint density at radius 1 is 0.881 bits per heavy atom. The van der Waals surface area contributed by atoms with Gasteiger partial charge in [0, 0.05) is 34.9 Å². The fourth-order valence-electron chi connectivity index (χ4n) is 6.89. The van der Waals surface area contributed by atoms with Crippen molar-refractivity contribution in [1.82, 2.24) is 5.43 Å². The molecule has 3 aliphatic carbocycles. The van der Waals surface area contributed by atoms with E-state index < -0.39 is 34.0 Å². The van der Waals surface area contributed by atoms with E-state index in [-0.39, 0.29) is 23.2 Å². The molecule has 206 valence electrons. The molecule has 1 aliphatic heterocycles. The number of nitro benzene ring substituents is 1. The number of hydrazone groups is 1. The average molecular weight is 577 g/mol. The van der Waals surface area contributed by atoms with Crippen molar-refractivity contribution in [3.63, 3.8) is 0 Å². The van der Waals surface area contributed by atoms with E-state index in [1.54, 1.807) is 30.5 Å². The van der Waals surface area contributed by atoms with Crippen LogP contribution in [0.25, 0.3) is 0 Å². The van der Waals surface area contributed by atoms with Crippen LogP contribution in [0.4, 0.5) is 11.4 Å². The quantitative estimate of drug-likeness (QED) is 0.151. The predicted molar refractivity (Wildman–Crippen MR) is 155 cm³/mol.